The molecule has 0 unspecified atom stereocenters. The molecule has 0 bridgehead atoms. The van der Waals surface area contributed by atoms with Crippen LogP contribution >= 0.6 is 0 Å². The van der Waals surface area contributed by atoms with Gasteiger partial charge in [0.1, 0.15) is 5.52 Å². The Kier molecular flexibility index (Phi) is 3.55. The van der Waals surface area contributed by atoms with E-state index in [1.807, 2.05) is 0 Å². The molecule has 1 aromatic heterocycles. The second kappa shape index (κ2) is 5.42. The molecule has 4 nitrogen and oxygen atoms in total. The van der Waals surface area contributed by atoms with E-state index in [9.17, 15) is 18.0 Å². The Labute approximate surface area is 128 Å². The second-order valence-corrected chi connectivity index (χ2v) is 4.95. The highest BCUT2D eigenvalue weighted by molar-refractivity contribution is 6.05. The first-order valence-corrected chi connectivity index (χ1v) is 6.69. The van der Waals surface area contributed by atoms with Crippen molar-refractivity contribution in [1.82, 2.24) is 4.98 Å². The summed E-state index contributed by atoms with van der Waals surface area (Å²) in [4.78, 5) is 16.2. The Balaban J connectivity index is 1.85. The number of fused-ring (bicyclic) bond motifs is 1. The molecule has 1 N–H and O–H groups in total. The number of hydrogen-bond acceptors (Lipinski definition) is 3. The van der Waals surface area contributed by atoms with Gasteiger partial charge in [0, 0.05) is 18.2 Å². The van der Waals surface area contributed by atoms with Crippen LogP contribution < -0.4 is 5.32 Å². The number of benzene rings is 2. The average molecular weight is 320 g/mol. The molecule has 0 aliphatic heterocycles. The SMILES string of the molecule is Cc1nc2cc(NC(=O)c3cccc(C(F)(F)F)c3)ccc2o1. The van der Waals surface area contributed by atoms with Crippen molar-refractivity contribution in [2.75, 3.05) is 5.32 Å². The van der Waals surface area contributed by atoms with Crippen LogP contribution in [0.3, 0.4) is 0 Å². The van der Waals surface area contributed by atoms with Gasteiger partial charge in [0.2, 0.25) is 0 Å². The lowest BCUT2D eigenvalue weighted by atomic mass is 10.1. The number of carbonyl (C=O) groups is 1. The Bertz CT molecular complexity index is 884. The smallest absolute Gasteiger partial charge is 0.416 e. The third-order valence-electron chi connectivity index (χ3n) is 3.20. The lowest BCUT2D eigenvalue weighted by Gasteiger charge is -2.09. The fourth-order valence-corrected chi connectivity index (χ4v) is 2.16. The summed E-state index contributed by atoms with van der Waals surface area (Å²) >= 11 is 0. The fraction of sp³-hybridized carbons (Fsp3) is 0.125. The van der Waals surface area contributed by atoms with Crippen molar-refractivity contribution >= 4 is 22.7 Å². The van der Waals surface area contributed by atoms with Crippen molar-refractivity contribution < 1.29 is 22.4 Å². The predicted octanol–water partition coefficient (Wildman–Crippen LogP) is 4.41. The molecule has 118 valence electrons. The lowest BCUT2D eigenvalue weighted by molar-refractivity contribution is -0.137. The van der Waals surface area contributed by atoms with E-state index in [0.29, 0.717) is 22.7 Å². The number of aromatic nitrogens is 1. The minimum Gasteiger partial charge on any atom is -0.441 e. The van der Waals surface area contributed by atoms with Gasteiger partial charge >= 0.3 is 6.18 Å². The molecular formula is C16H11F3N2O2. The highest BCUT2D eigenvalue weighted by Crippen LogP contribution is 2.29. The Morgan fingerprint density at radius 3 is 2.70 bits per heavy atom. The standard InChI is InChI=1S/C16H11F3N2O2/c1-9-20-13-8-12(5-6-14(13)23-9)21-15(22)10-3-2-4-11(7-10)16(17,18)19/h2-8H,1H3,(H,21,22). The first-order chi connectivity index (χ1) is 10.8. The molecule has 0 atom stereocenters. The van der Waals surface area contributed by atoms with Gasteiger partial charge in [0.15, 0.2) is 11.5 Å². The summed E-state index contributed by atoms with van der Waals surface area (Å²) in [6.45, 7) is 1.70. The summed E-state index contributed by atoms with van der Waals surface area (Å²) in [5.74, 6) is -0.142. The molecule has 0 fully saturated rings. The van der Waals surface area contributed by atoms with Gasteiger partial charge in [-0.05, 0) is 36.4 Å². The maximum Gasteiger partial charge on any atom is 0.416 e. The zero-order chi connectivity index (χ0) is 16.6. The van der Waals surface area contributed by atoms with Crippen LogP contribution in [0.4, 0.5) is 18.9 Å². The third-order valence-corrected chi connectivity index (χ3v) is 3.20. The number of hydrogen-bond donors (Lipinski definition) is 1. The average Bonchev–Trinajstić information content (AvgIpc) is 2.86. The van der Waals surface area contributed by atoms with Gasteiger partial charge in [-0.25, -0.2) is 4.98 Å². The Morgan fingerprint density at radius 2 is 1.96 bits per heavy atom. The van der Waals surface area contributed by atoms with Gasteiger partial charge < -0.3 is 9.73 Å². The van der Waals surface area contributed by atoms with E-state index >= 15 is 0 Å². The summed E-state index contributed by atoms with van der Waals surface area (Å²) < 4.78 is 43.4. The largest absolute Gasteiger partial charge is 0.441 e. The molecule has 1 heterocycles. The zero-order valence-corrected chi connectivity index (χ0v) is 11.9. The predicted molar refractivity (Wildman–Crippen MR) is 78.1 cm³/mol. The summed E-state index contributed by atoms with van der Waals surface area (Å²) in [7, 11) is 0. The van der Waals surface area contributed by atoms with Gasteiger partial charge in [0.05, 0.1) is 5.56 Å². The van der Waals surface area contributed by atoms with Crippen LogP contribution in [0, 0.1) is 6.92 Å². The molecule has 0 aliphatic carbocycles. The molecule has 23 heavy (non-hydrogen) atoms. The number of nitrogens with one attached hydrogen (secondary N) is 1. The minimum atomic E-state index is -4.49. The van der Waals surface area contributed by atoms with Crippen LogP contribution in [-0.4, -0.2) is 10.9 Å². The van der Waals surface area contributed by atoms with Crippen LogP contribution in [0.2, 0.25) is 0 Å². The maximum atomic E-state index is 12.7. The van der Waals surface area contributed by atoms with Crippen LogP contribution in [0.15, 0.2) is 46.9 Å². The number of oxazole rings is 1. The molecule has 2 aromatic carbocycles. The number of anilines is 1. The first-order valence-electron chi connectivity index (χ1n) is 6.69. The van der Waals surface area contributed by atoms with E-state index in [1.54, 1.807) is 25.1 Å². The highest BCUT2D eigenvalue weighted by Gasteiger charge is 2.30. The van der Waals surface area contributed by atoms with Crippen molar-refractivity contribution in [2.24, 2.45) is 0 Å². The van der Waals surface area contributed by atoms with Gasteiger partial charge in [0.25, 0.3) is 5.91 Å². The summed E-state index contributed by atoms with van der Waals surface area (Å²) in [6.07, 6.45) is -4.49. The van der Waals surface area contributed by atoms with Crippen LogP contribution in [-0.2, 0) is 6.18 Å². The summed E-state index contributed by atoms with van der Waals surface area (Å²) in [6, 6.07) is 9.08. The monoisotopic (exact) mass is 320 g/mol. The highest BCUT2D eigenvalue weighted by atomic mass is 19.4. The number of halogens is 3. The molecule has 0 radical (unpaired) electrons. The summed E-state index contributed by atoms with van der Waals surface area (Å²) in [5.41, 5.74) is 0.612. The maximum absolute atomic E-state index is 12.7. The van der Waals surface area contributed by atoms with Crippen molar-refractivity contribution in [3.63, 3.8) is 0 Å². The zero-order valence-electron chi connectivity index (χ0n) is 11.9. The van der Waals surface area contributed by atoms with Crippen LogP contribution in [0.1, 0.15) is 21.8 Å². The van der Waals surface area contributed by atoms with Crippen molar-refractivity contribution in [3.8, 4) is 0 Å². The van der Waals surface area contributed by atoms with E-state index in [-0.39, 0.29) is 5.56 Å². The Morgan fingerprint density at radius 1 is 1.17 bits per heavy atom. The molecule has 1 amide bonds. The van der Waals surface area contributed by atoms with Crippen molar-refractivity contribution in [1.29, 1.82) is 0 Å². The molecule has 7 heteroatoms. The number of carbonyl (C=O) groups excluding carboxylic acids is 1. The topological polar surface area (TPSA) is 55.1 Å². The Hall–Kier alpha value is -2.83. The lowest BCUT2D eigenvalue weighted by Crippen LogP contribution is -2.13. The fourth-order valence-electron chi connectivity index (χ4n) is 2.16. The second-order valence-electron chi connectivity index (χ2n) is 4.95. The number of nitrogens with zero attached hydrogens (tertiary/aromatic N) is 1. The normalized spacial score (nSPS) is 11.7. The van der Waals surface area contributed by atoms with Crippen molar-refractivity contribution in [3.05, 3.63) is 59.5 Å². The quantitative estimate of drug-likeness (QED) is 0.761. The van der Waals surface area contributed by atoms with Gasteiger partial charge in [-0.3, -0.25) is 4.79 Å². The molecule has 0 spiro atoms. The molecule has 0 saturated heterocycles. The van der Waals surface area contributed by atoms with Crippen LogP contribution in [0.25, 0.3) is 11.1 Å². The van der Waals surface area contributed by atoms with Gasteiger partial charge in [-0.2, -0.15) is 13.2 Å². The van der Waals surface area contributed by atoms with E-state index in [1.165, 1.54) is 12.1 Å². The molecule has 0 aliphatic rings. The van der Waals surface area contributed by atoms with E-state index < -0.39 is 17.6 Å². The number of alkyl halides is 3. The van der Waals surface area contributed by atoms with Gasteiger partial charge in [-0.15, -0.1) is 0 Å². The first kappa shape index (κ1) is 15.1. The van der Waals surface area contributed by atoms with Crippen molar-refractivity contribution in [2.45, 2.75) is 13.1 Å². The molecule has 3 rings (SSSR count). The van der Waals surface area contributed by atoms with Gasteiger partial charge in [-0.1, -0.05) is 6.07 Å². The molecular weight excluding hydrogens is 309 g/mol. The molecule has 0 saturated carbocycles. The van der Waals surface area contributed by atoms with E-state index in [4.69, 9.17) is 4.42 Å². The number of rotatable bonds is 2. The molecule has 3 aromatic rings. The number of aryl methyl sites for hydroxylation is 1. The third kappa shape index (κ3) is 3.18. The van der Waals surface area contributed by atoms with E-state index in [0.717, 1.165) is 12.1 Å². The van der Waals surface area contributed by atoms with E-state index in [2.05, 4.69) is 10.3 Å². The summed E-state index contributed by atoms with van der Waals surface area (Å²) in [5, 5.41) is 2.55. The minimum absolute atomic E-state index is 0.0729. The van der Waals surface area contributed by atoms with Crippen LogP contribution in [0.5, 0.6) is 0 Å². The number of amides is 1.